The smallest absolute Gasteiger partial charge is 0.256 e. The number of benzene rings is 1. The monoisotopic (exact) mass is 389 g/mol. The molecule has 0 spiro atoms. The summed E-state index contributed by atoms with van der Waals surface area (Å²) in [4.78, 5) is 20.1. The third kappa shape index (κ3) is 3.47. The van der Waals surface area contributed by atoms with Crippen molar-refractivity contribution in [2.24, 2.45) is 0 Å². The molecule has 150 valence electrons. The second-order valence-electron chi connectivity index (χ2n) is 7.77. The van der Waals surface area contributed by atoms with Crippen LogP contribution < -0.4 is 0 Å². The Labute approximate surface area is 171 Å². The Bertz CT molecular complexity index is 998. The van der Waals surface area contributed by atoms with Gasteiger partial charge in [-0.25, -0.2) is 4.98 Å². The fourth-order valence-corrected chi connectivity index (χ4v) is 4.37. The van der Waals surface area contributed by atoms with E-state index in [9.17, 15) is 4.79 Å². The number of aromatic nitrogens is 2. The van der Waals surface area contributed by atoms with Gasteiger partial charge in [-0.3, -0.25) is 4.79 Å². The first-order valence-corrected chi connectivity index (χ1v) is 10.1. The van der Waals surface area contributed by atoms with Crippen molar-refractivity contribution in [3.63, 3.8) is 0 Å². The highest BCUT2D eigenvalue weighted by Gasteiger charge is 2.38. The Balaban J connectivity index is 1.68. The molecule has 0 unspecified atom stereocenters. The molecule has 1 saturated heterocycles. The minimum atomic E-state index is -0.129. The fraction of sp³-hybridized carbons (Fsp3) is 0.333. The van der Waals surface area contributed by atoms with E-state index in [0.29, 0.717) is 6.61 Å². The van der Waals surface area contributed by atoms with Crippen LogP contribution in [0.5, 0.6) is 0 Å². The zero-order valence-electron chi connectivity index (χ0n) is 17.4. The topological polar surface area (TPSA) is 47.4 Å². The number of carbonyl (C=O) groups excluding carboxylic acids is 1. The molecule has 1 fully saturated rings. The molecule has 29 heavy (non-hydrogen) atoms. The molecule has 1 aliphatic rings. The average Bonchev–Trinajstić information content (AvgIpc) is 3.03. The van der Waals surface area contributed by atoms with E-state index in [4.69, 9.17) is 4.74 Å². The molecule has 5 heteroatoms. The summed E-state index contributed by atoms with van der Waals surface area (Å²) in [6.45, 7) is 8.64. The first kappa shape index (κ1) is 19.4. The maximum absolute atomic E-state index is 13.7. The number of rotatable bonds is 3. The number of carbonyl (C=O) groups is 1. The molecule has 0 radical (unpaired) electrons. The van der Waals surface area contributed by atoms with Crippen LogP contribution >= 0.6 is 0 Å². The molecule has 1 amide bonds. The van der Waals surface area contributed by atoms with Crippen LogP contribution in [-0.4, -0.2) is 39.0 Å². The van der Waals surface area contributed by atoms with Crippen molar-refractivity contribution < 1.29 is 9.53 Å². The van der Waals surface area contributed by atoms with Crippen molar-refractivity contribution in [1.82, 2.24) is 14.5 Å². The van der Waals surface area contributed by atoms with Crippen LogP contribution in [0.4, 0.5) is 0 Å². The highest BCUT2D eigenvalue weighted by Crippen LogP contribution is 2.33. The number of ether oxygens (including phenoxy) is 1. The van der Waals surface area contributed by atoms with E-state index in [2.05, 4.69) is 24.0 Å². The largest absolute Gasteiger partial charge is 0.369 e. The summed E-state index contributed by atoms with van der Waals surface area (Å²) < 4.78 is 8.16. The molecule has 0 saturated carbocycles. The van der Waals surface area contributed by atoms with E-state index in [1.165, 1.54) is 0 Å². The van der Waals surface area contributed by atoms with Crippen molar-refractivity contribution in [2.45, 2.75) is 45.9 Å². The number of pyridine rings is 1. The molecule has 0 bridgehead atoms. The number of hydrogen-bond donors (Lipinski definition) is 0. The lowest BCUT2D eigenvalue weighted by Gasteiger charge is -2.44. The second-order valence-corrected chi connectivity index (χ2v) is 7.77. The Morgan fingerprint density at radius 2 is 1.79 bits per heavy atom. The van der Waals surface area contributed by atoms with Gasteiger partial charge in [0.25, 0.3) is 5.91 Å². The predicted octanol–water partition coefficient (Wildman–Crippen LogP) is 4.48. The second kappa shape index (κ2) is 7.84. The first-order valence-electron chi connectivity index (χ1n) is 10.1. The van der Waals surface area contributed by atoms with Crippen LogP contribution in [0.15, 0.2) is 60.8 Å². The fourth-order valence-electron chi connectivity index (χ4n) is 4.37. The van der Waals surface area contributed by atoms with E-state index < -0.39 is 0 Å². The van der Waals surface area contributed by atoms with Gasteiger partial charge >= 0.3 is 0 Å². The van der Waals surface area contributed by atoms with E-state index in [-0.39, 0.29) is 24.1 Å². The minimum Gasteiger partial charge on any atom is -0.369 e. The molecule has 4 rings (SSSR count). The van der Waals surface area contributed by atoms with Gasteiger partial charge < -0.3 is 14.2 Å². The Kier molecular flexibility index (Phi) is 5.24. The number of aryl methyl sites for hydroxylation is 1. The molecule has 5 nitrogen and oxygen atoms in total. The van der Waals surface area contributed by atoms with Gasteiger partial charge in [-0.1, -0.05) is 36.4 Å². The summed E-state index contributed by atoms with van der Waals surface area (Å²) in [5, 5.41) is 0. The van der Waals surface area contributed by atoms with Crippen molar-refractivity contribution in [1.29, 1.82) is 0 Å². The maximum Gasteiger partial charge on any atom is 0.256 e. The number of hydrogen-bond acceptors (Lipinski definition) is 3. The summed E-state index contributed by atoms with van der Waals surface area (Å²) in [5.74, 6) is 0.872. The average molecular weight is 389 g/mol. The quantitative estimate of drug-likeness (QED) is 0.664. The van der Waals surface area contributed by atoms with Crippen molar-refractivity contribution in [2.75, 3.05) is 6.61 Å². The normalized spacial score (nSPS) is 21.9. The Hall–Kier alpha value is -2.92. The molecule has 0 aliphatic carbocycles. The number of morpholine rings is 1. The summed E-state index contributed by atoms with van der Waals surface area (Å²) in [7, 11) is 0. The van der Waals surface area contributed by atoms with Crippen molar-refractivity contribution >= 4 is 5.91 Å². The standard InChI is InChI=1S/C24H27N3O2/c1-16-14-21(18(3)26(16)22-12-8-9-13-25-22)24(28)27-17(2)15-29-23(19(27)4)20-10-6-5-7-11-20/h5-14,17,19,23H,15H2,1-4H3/t17-,19-,23-/m1/s1. The maximum atomic E-state index is 13.7. The van der Waals surface area contributed by atoms with Gasteiger partial charge in [0.15, 0.2) is 0 Å². The number of amides is 1. The van der Waals surface area contributed by atoms with Gasteiger partial charge in [-0.2, -0.15) is 0 Å². The summed E-state index contributed by atoms with van der Waals surface area (Å²) in [6, 6.07) is 17.9. The minimum absolute atomic E-state index is 0.00960. The van der Waals surface area contributed by atoms with Crippen LogP contribution in [0.2, 0.25) is 0 Å². The molecule has 0 N–H and O–H groups in total. The lowest BCUT2D eigenvalue weighted by atomic mass is 9.97. The summed E-state index contributed by atoms with van der Waals surface area (Å²) in [5.41, 5.74) is 3.73. The van der Waals surface area contributed by atoms with E-state index >= 15 is 0 Å². The summed E-state index contributed by atoms with van der Waals surface area (Å²) in [6.07, 6.45) is 1.64. The molecule has 1 aliphatic heterocycles. The molecule has 1 aromatic carbocycles. The van der Waals surface area contributed by atoms with Gasteiger partial charge in [0.2, 0.25) is 0 Å². The first-order chi connectivity index (χ1) is 14.0. The highest BCUT2D eigenvalue weighted by atomic mass is 16.5. The van der Waals surface area contributed by atoms with Gasteiger partial charge in [-0.05, 0) is 51.5 Å². The van der Waals surface area contributed by atoms with Gasteiger partial charge in [0.1, 0.15) is 11.9 Å². The molecule has 3 heterocycles. The zero-order chi connectivity index (χ0) is 20.5. The van der Waals surface area contributed by atoms with Crippen LogP contribution in [-0.2, 0) is 4.74 Å². The third-order valence-electron chi connectivity index (χ3n) is 5.77. The van der Waals surface area contributed by atoms with Gasteiger partial charge in [0.05, 0.1) is 24.3 Å². The van der Waals surface area contributed by atoms with Crippen LogP contribution in [0, 0.1) is 13.8 Å². The van der Waals surface area contributed by atoms with Gasteiger partial charge in [-0.15, -0.1) is 0 Å². The predicted molar refractivity (Wildman–Crippen MR) is 113 cm³/mol. The molecule has 3 atom stereocenters. The molecule has 2 aromatic heterocycles. The van der Waals surface area contributed by atoms with E-state index in [1.807, 2.05) is 72.7 Å². The van der Waals surface area contributed by atoms with Crippen LogP contribution in [0.3, 0.4) is 0 Å². The van der Waals surface area contributed by atoms with Crippen LogP contribution in [0.25, 0.3) is 5.82 Å². The SMILES string of the molecule is Cc1cc(C(=O)N2[C@H](C)CO[C@@H](c3ccccc3)[C@H]2C)c(C)n1-c1ccccn1. The van der Waals surface area contributed by atoms with Crippen molar-refractivity contribution in [3.8, 4) is 5.82 Å². The van der Waals surface area contributed by atoms with Crippen LogP contribution in [0.1, 0.15) is 47.3 Å². The molecule has 3 aromatic rings. The number of nitrogens with zero attached hydrogens (tertiary/aromatic N) is 3. The van der Waals surface area contributed by atoms with E-state index in [1.54, 1.807) is 6.20 Å². The molecular formula is C24H27N3O2. The van der Waals surface area contributed by atoms with Crippen molar-refractivity contribution in [3.05, 3.63) is 83.3 Å². The lowest BCUT2D eigenvalue weighted by molar-refractivity contribution is -0.0806. The lowest BCUT2D eigenvalue weighted by Crippen LogP contribution is -2.53. The summed E-state index contributed by atoms with van der Waals surface area (Å²) >= 11 is 0. The molecular weight excluding hydrogens is 362 g/mol. The third-order valence-corrected chi connectivity index (χ3v) is 5.77. The Morgan fingerprint density at radius 3 is 2.48 bits per heavy atom. The highest BCUT2D eigenvalue weighted by molar-refractivity contribution is 5.96. The van der Waals surface area contributed by atoms with E-state index in [0.717, 1.165) is 28.3 Å². The van der Waals surface area contributed by atoms with Gasteiger partial charge in [0, 0.05) is 17.6 Å². The Morgan fingerprint density at radius 1 is 1.07 bits per heavy atom. The zero-order valence-corrected chi connectivity index (χ0v) is 17.4.